The summed E-state index contributed by atoms with van der Waals surface area (Å²) >= 11 is 0. The summed E-state index contributed by atoms with van der Waals surface area (Å²) in [6, 6.07) is 5.71. The highest BCUT2D eigenvalue weighted by molar-refractivity contribution is 5.85. The number of hydrogen-bond donors (Lipinski definition) is 2. The topological polar surface area (TPSA) is 67.4 Å². The Hall–Kier alpha value is -2.04. The van der Waals surface area contributed by atoms with Crippen molar-refractivity contribution in [3.8, 4) is 5.75 Å². The Morgan fingerprint density at radius 3 is 2.57 bits per heavy atom. The maximum Gasteiger partial charge on any atom is 0.279 e. The van der Waals surface area contributed by atoms with Crippen molar-refractivity contribution in [2.75, 3.05) is 0 Å². The number of benzene rings is 1. The number of hydrazine groups is 1. The fourth-order valence-electron chi connectivity index (χ4n) is 2.09. The van der Waals surface area contributed by atoms with E-state index >= 15 is 0 Å². The summed E-state index contributed by atoms with van der Waals surface area (Å²) in [5.74, 6) is 0.251. The molecule has 0 bridgehead atoms. The van der Waals surface area contributed by atoms with Gasteiger partial charge in [0.2, 0.25) is 5.91 Å². The zero-order chi connectivity index (χ0) is 15.4. The lowest BCUT2D eigenvalue weighted by molar-refractivity contribution is -0.135. The predicted molar refractivity (Wildman–Crippen MR) is 79.6 cm³/mol. The Morgan fingerprint density at radius 2 is 1.95 bits per heavy atom. The second kappa shape index (κ2) is 6.61. The van der Waals surface area contributed by atoms with Crippen LogP contribution in [0.25, 0.3) is 0 Å². The van der Waals surface area contributed by atoms with Gasteiger partial charge in [-0.05, 0) is 50.8 Å². The van der Waals surface area contributed by atoms with E-state index in [0.29, 0.717) is 5.75 Å². The Balaban J connectivity index is 1.84. The molecule has 2 N–H and O–H groups in total. The summed E-state index contributed by atoms with van der Waals surface area (Å²) in [4.78, 5) is 23.6. The molecule has 0 heterocycles. The number of rotatable bonds is 4. The number of nitrogens with one attached hydrogen (secondary N) is 2. The Labute approximate surface area is 125 Å². The van der Waals surface area contributed by atoms with E-state index in [9.17, 15) is 9.59 Å². The van der Waals surface area contributed by atoms with Gasteiger partial charge in [0.25, 0.3) is 5.91 Å². The quantitative estimate of drug-likeness (QED) is 0.834. The zero-order valence-electron chi connectivity index (χ0n) is 12.7. The van der Waals surface area contributed by atoms with E-state index in [1.54, 1.807) is 6.92 Å². The average molecular weight is 290 g/mol. The molecule has 2 rings (SSSR count). The lowest BCUT2D eigenvalue weighted by atomic mass is 9.85. The first-order chi connectivity index (χ1) is 9.99. The van der Waals surface area contributed by atoms with Gasteiger partial charge < -0.3 is 4.74 Å². The van der Waals surface area contributed by atoms with Crippen LogP contribution in [0.15, 0.2) is 18.2 Å². The van der Waals surface area contributed by atoms with Crippen LogP contribution in [0.1, 0.15) is 37.3 Å². The number of carbonyl (C=O) groups excluding carboxylic acids is 2. The van der Waals surface area contributed by atoms with Crippen molar-refractivity contribution in [1.29, 1.82) is 0 Å². The second-order valence-electron chi connectivity index (χ2n) is 5.56. The van der Waals surface area contributed by atoms with Gasteiger partial charge in [0.05, 0.1) is 0 Å². The average Bonchev–Trinajstić information content (AvgIpc) is 2.39. The molecule has 0 aromatic heterocycles. The van der Waals surface area contributed by atoms with Crippen LogP contribution in [0.3, 0.4) is 0 Å². The fraction of sp³-hybridized carbons (Fsp3) is 0.500. The van der Waals surface area contributed by atoms with E-state index in [0.717, 1.165) is 30.4 Å². The summed E-state index contributed by atoms with van der Waals surface area (Å²) < 4.78 is 5.66. The molecule has 1 aromatic rings. The molecule has 1 fully saturated rings. The molecule has 1 aromatic carbocycles. The molecule has 1 saturated carbocycles. The van der Waals surface area contributed by atoms with E-state index in [-0.39, 0.29) is 17.7 Å². The number of hydrogen-bond acceptors (Lipinski definition) is 3. The van der Waals surface area contributed by atoms with Gasteiger partial charge in [-0.3, -0.25) is 20.4 Å². The summed E-state index contributed by atoms with van der Waals surface area (Å²) in [6.45, 7) is 5.60. The van der Waals surface area contributed by atoms with Gasteiger partial charge in [-0.2, -0.15) is 0 Å². The van der Waals surface area contributed by atoms with Crippen molar-refractivity contribution in [3.05, 3.63) is 29.3 Å². The van der Waals surface area contributed by atoms with Crippen LogP contribution in [-0.4, -0.2) is 17.9 Å². The lowest BCUT2D eigenvalue weighted by Crippen LogP contribution is -2.49. The van der Waals surface area contributed by atoms with Gasteiger partial charge in [-0.15, -0.1) is 0 Å². The number of carbonyl (C=O) groups is 2. The molecule has 21 heavy (non-hydrogen) atoms. The smallest absolute Gasteiger partial charge is 0.279 e. The molecule has 0 radical (unpaired) electrons. The van der Waals surface area contributed by atoms with E-state index in [4.69, 9.17) is 4.74 Å². The molecule has 5 nitrogen and oxygen atoms in total. The highest BCUT2D eigenvalue weighted by Crippen LogP contribution is 2.26. The molecule has 0 spiro atoms. The van der Waals surface area contributed by atoms with Gasteiger partial charge in [0.1, 0.15) is 5.75 Å². The van der Waals surface area contributed by atoms with Gasteiger partial charge >= 0.3 is 0 Å². The molecule has 0 unspecified atom stereocenters. The summed E-state index contributed by atoms with van der Waals surface area (Å²) in [7, 11) is 0. The highest BCUT2D eigenvalue weighted by atomic mass is 16.5. The van der Waals surface area contributed by atoms with Crippen LogP contribution in [0, 0.1) is 19.8 Å². The third-order valence-electron chi connectivity index (χ3n) is 4.01. The minimum atomic E-state index is -0.674. The number of amides is 2. The maximum atomic E-state index is 11.9. The van der Waals surface area contributed by atoms with Crippen LogP contribution >= 0.6 is 0 Å². The first-order valence-electron chi connectivity index (χ1n) is 7.31. The van der Waals surface area contributed by atoms with Crippen LogP contribution in [0.2, 0.25) is 0 Å². The molecule has 2 amide bonds. The monoisotopic (exact) mass is 290 g/mol. The molecule has 114 valence electrons. The Bertz CT molecular complexity index is 538. The number of aryl methyl sites for hydroxylation is 1. The molecule has 1 aliphatic rings. The third kappa shape index (κ3) is 3.74. The fourth-order valence-corrected chi connectivity index (χ4v) is 2.09. The highest BCUT2D eigenvalue weighted by Gasteiger charge is 2.26. The standard InChI is InChI=1S/C16H22N2O3/c1-10-6-4-9-14(11(10)2)21-12(3)15(19)17-18-16(20)13-7-5-8-13/h4,6,9,12-13H,5,7-8H2,1-3H3,(H,17,19)(H,18,20)/t12-/m1/s1. The Kier molecular flexibility index (Phi) is 4.83. The van der Waals surface area contributed by atoms with Crippen LogP contribution in [0.4, 0.5) is 0 Å². The van der Waals surface area contributed by atoms with Crippen molar-refractivity contribution < 1.29 is 14.3 Å². The van der Waals surface area contributed by atoms with E-state index < -0.39 is 6.10 Å². The third-order valence-corrected chi connectivity index (χ3v) is 4.01. The minimum absolute atomic E-state index is 0.0422. The first-order valence-corrected chi connectivity index (χ1v) is 7.31. The van der Waals surface area contributed by atoms with Crippen molar-refractivity contribution in [2.45, 2.75) is 46.1 Å². The SMILES string of the molecule is Cc1cccc(O[C@H](C)C(=O)NNC(=O)C2CCC2)c1C. The minimum Gasteiger partial charge on any atom is -0.481 e. The van der Waals surface area contributed by atoms with Gasteiger partial charge in [-0.25, -0.2) is 0 Å². The van der Waals surface area contributed by atoms with Crippen LogP contribution in [-0.2, 0) is 9.59 Å². The summed E-state index contributed by atoms with van der Waals surface area (Å²) in [5.41, 5.74) is 7.00. The lowest BCUT2D eigenvalue weighted by Gasteiger charge is -2.24. The summed E-state index contributed by atoms with van der Waals surface area (Å²) in [6.07, 6.45) is 2.21. The molecular weight excluding hydrogens is 268 g/mol. The molecular formula is C16H22N2O3. The maximum absolute atomic E-state index is 11.9. The molecule has 0 saturated heterocycles. The number of ether oxygens (including phenoxy) is 1. The predicted octanol–water partition coefficient (Wildman–Crippen LogP) is 2.02. The zero-order valence-corrected chi connectivity index (χ0v) is 12.7. The van der Waals surface area contributed by atoms with Gasteiger partial charge in [0.15, 0.2) is 6.10 Å². The largest absolute Gasteiger partial charge is 0.481 e. The van der Waals surface area contributed by atoms with Crippen LogP contribution < -0.4 is 15.6 Å². The van der Waals surface area contributed by atoms with Gasteiger partial charge in [-0.1, -0.05) is 18.6 Å². The van der Waals surface area contributed by atoms with Crippen molar-refractivity contribution in [2.24, 2.45) is 5.92 Å². The molecule has 1 atom stereocenters. The van der Waals surface area contributed by atoms with Crippen LogP contribution in [0.5, 0.6) is 5.75 Å². The Morgan fingerprint density at radius 1 is 1.24 bits per heavy atom. The first kappa shape index (κ1) is 15.4. The van der Waals surface area contributed by atoms with Crippen molar-refractivity contribution in [1.82, 2.24) is 10.9 Å². The molecule has 1 aliphatic carbocycles. The van der Waals surface area contributed by atoms with Crippen molar-refractivity contribution in [3.63, 3.8) is 0 Å². The molecule has 5 heteroatoms. The van der Waals surface area contributed by atoms with E-state index in [2.05, 4.69) is 10.9 Å². The van der Waals surface area contributed by atoms with E-state index in [1.807, 2.05) is 32.0 Å². The normalized spacial score (nSPS) is 15.8. The molecule has 0 aliphatic heterocycles. The van der Waals surface area contributed by atoms with E-state index in [1.165, 1.54) is 0 Å². The second-order valence-corrected chi connectivity index (χ2v) is 5.56. The van der Waals surface area contributed by atoms with Gasteiger partial charge in [0, 0.05) is 5.92 Å². The van der Waals surface area contributed by atoms with Crippen molar-refractivity contribution >= 4 is 11.8 Å². The summed E-state index contributed by atoms with van der Waals surface area (Å²) in [5, 5.41) is 0.